The van der Waals surface area contributed by atoms with E-state index in [-0.39, 0.29) is 28.7 Å². The Kier molecular flexibility index (Phi) is 7.85. The SMILES string of the molecule is COc1cc(/C=N/NC(=O)c2ccc(O)c(Cl)c2)ccc1OCc1ccc(OC(F)(F)F)cc1. The summed E-state index contributed by atoms with van der Waals surface area (Å²) in [6, 6.07) is 14.3. The molecule has 0 aliphatic rings. The van der Waals surface area contributed by atoms with Gasteiger partial charge < -0.3 is 19.3 Å². The number of rotatable bonds is 8. The number of hydrogen-bond donors (Lipinski definition) is 2. The minimum absolute atomic E-state index is 0.0440. The third-order valence-electron chi connectivity index (χ3n) is 4.33. The van der Waals surface area contributed by atoms with Gasteiger partial charge in [-0.2, -0.15) is 5.10 Å². The lowest BCUT2D eigenvalue weighted by Gasteiger charge is -2.12. The van der Waals surface area contributed by atoms with Crippen LogP contribution in [0.5, 0.6) is 23.0 Å². The lowest BCUT2D eigenvalue weighted by atomic mass is 10.2. The Bertz CT molecular complexity index is 1180. The summed E-state index contributed by atoms with van der Waals surface area (Å²) in [4.78, 5) is 12.1. The molecule has 0 atom stereocenters. The Morgan fingerprint density at radius 2 is 1.82 bits per heavy atom. The van der Waals surface area contributed by atoms with Crippen molar-refractivity contribution in [1.29, 1.82) is 0 Å². The van der Waals surface area contributed by atoms with Gasteiger partial charge in [0.05, 0.1) is 18.3 Å². The molecule has 34 heavy (non-hydrogen) atoms. The molecule has 1 amide bonds. The van der Waals surface area contributed by atoms with Crippen LogP contribution in [-0.4, -0.2) is 30.7 Å². The molecule has 3 aromatic carbocycles. The van der Waals surface area contributed by atoms with Gasteiger partial charge in [0.15, 0.2) is 11.5 Å². The van der Waals surface area contributed by atoms with Crippen LogP contribution in [0.1, 0.15) is 21.5 Å². The number of aromatic hydroxyl groups is 1. The number of halogens is 4. The van der Waals surface area contributed by atoms with E-state index < -0.39 is 12.3 Å². The molecule has 0 fully saturated rings. The van der Waals surface area contributed by atoms with Crippen molar-refractivity contribution in [2.24, 2.45) is 5.10 Å². The molecule has 0 radical (unpaired) electrons. The Labute approximate surface area is 197 Å². The molecule has 0 aliphatic carbocycles. The van der Waals surface area contributed by atoms with Crippen molar-refractivity contribution in [2.45, 2.75) is 13.0 Å². The van der Waals surface area contributed by atoms with E-state index in [2.05, 4.69) is 15.3 Å². The first-order valence-electron chi connectivity index (χ1n) is 9.62. The maximum atomic E-state index is 12.2. The monoisotopic (exact) mass is 494 g/mol. The van der Waals surface area contributed by atoms with Crippen molar-refractivity contribution in [3.63, 3.8) is 0 Å². The topological polar surface area (TPSA) is 89.4 Å². The number of carbonyl (C=O) groups excluding carboxylic acids is 1. The highest BCUT2D eigenvalue weighted by Gasteiger charge is 2.30. The van der Waals surface area contributed by atoms with Crippen LogP contribution < -0.4 is 19.6 Å². The number of hydrogen-bond acceptors (Lipinski definition) is 6. The molecule has 0 saturated heterocycles. The van der Waals surface area contributed by atoms with Gasteiger partial charge in [-0.1, -0.05) is 23.7 Å². The molecule has 0 saturated carbocycles. The van der Waals surface area contributed by atoms with Gasteiger partial charge in [-0.05, 0) is 59.7 Å². The van der Waals surface area contributed by atoms with Crippen LogP contribution in [0.2, 0.25) is 5.02 Å². The number of nitrogens with zero attached hydrogens (tertiary/aromatic N) is 1. The first-order chi connectivity index (χ1) is 16.1. The van der Waals surface area contributed by atoms with E-state index in [1.807, 2.05) is 0 Å². The Morgan fingerprint density at radius 3 is 2.47 bits per heavy atom. The van der Waals surface area contributed by atoms with E-state index in [4.69, 9.17) is 21.1 Å². The quantitative estimate of drug-likeness (QED) is 0.328. The Morgan fingerprint density at radius 1 is 1.09 bits per heavy atom. The van der Waals surface area contributed by atoms with Gasteiger partial charge in [-0.15, -0.1) is 13.2 Å². The van der Waals surface area contributed by atoms with Crippen LogP contribution in [0.15, 0.2) is 65.8 Å². The fourth-order valence-electron chi connectivity index (χ4n) is 2.71. The molecular formula is C23H18ClF3N2O5. The maximum absolute atomic E-state index is 12.2. The number of ether oxygens (including phenoxy) is 3. The Hall–Kier alpha value is -3.92. The van der Waals surface area contributed by atoms with Crippen molar-refractivity contribution >= 4 is 23.7 Å². The number of phenols is 1. The van der Waals surface area contributed by atoms with Crippen LogP contribution in [0.4, 0.5) is 13.2 Å². The van der Waals surface area contributed by atoms with E-state index in [1.54, 1.807) is 18.2 Å². The van der Waals surface area contributed by atoms with Gasteiger partial charge in [0.1, 0.15) is 18.1 Å². The highest BCUT2D eigenvalue weighted by molar-refractivity contribution is 6.32. The van der Waals surface area contributed by atoms with Crippen molar-refractivity contribution in [3.8, 4) is 23.0 Å². The lowest BCUT2D eigenvalue weighted by molar-refractivity contribution is -0.274. The molecule has 3 aromatic rings. The average Bonchev–Trinajstić information content (AvgIpc) is 2.79. The van der Waals surface area contributed by atoms with E-state index in [0.717, 1.165) is 0 Å². The van der Waals surface area contributed by atoms with E-state index >= 15 is 0 Å². The van der Waals surface area contributed by atoms with Crippen LogP contribution in [-0.2, 0) is 6.61 Å². The molecule has 178 valence electrons. The zero-order valence-electron chi connectivity index (χ0n) is 17.6. The van der Waals surface area contributed by atoms with Crippen LogP contribution >= 0.6 is 11.6 Å². The maximum Gasteiger partial charge on any atom is 0.573 e. The number of benzene rings is 3. The summed E-state index contributed by atoms with van der Waals surface area (Å²) < 4.78 is 51.6. The standard InChI is InChI=1S/C23H18ClF3N2O5/c1-32-21-10-15(12-28-29-22(31)16-5-8-19(30)18(24)11-16)4-9-20(21)33-13-14-2-6-17(7-3-14)34-23(25,26)27/h2-12,30H,13H2,1H3,(H,29,31)/b28-12+. The largest absolute Gasteiger partial charge is 0.573 e. The van der Waals surface area contributed by atoms with Crippen molar-refractivity contribution in [1.82, 2.24) is 5.43 Å². The van der Waals surface area contributed by atoms with Crippen LogP contribution in [0, 0.1) is 0 Å². The zero-order valence-corrected chi connectivity index (χ0v) is 18.4. The summed E-state index contributed by atoms with van der Waals surface area (Å²) >= 11 is 5.79. The van der Waals surface area contributed by atoms with E-state index in [0.29, 0.717) is 22.6 Å². The highest BCUT2D eigenvalue weighted by atomic mass is 35.5. The third-order valence-corrected chi connectivity index (χ3v) is 4.63. The number of phenolic OH excluding ortho intramolecular Hbond substituents is 1. The van der Waals surface area contributed by atoms with Gasteiger partial charge in [-0.3, -0.25) is 4.79 Å². The smallest absolute Gasteiger partial charge is 0.506 e. The van der Waals surface area contributed by atoms with Crippen molar-refractivity contribution in [2.75, 3.05) is 7.11 Å². The average molecular weight is 495 g/mol. The van der Waals surface area contributed by atoms with E-state index in [9.17, 15) is 23.1 Å². The molecule has 0 aromatic heterocycles. The third kappa shape index (κ3) is 7.04. The fraction of sp³-hybridized carbons (Fsp3) is 0.130. The highest BCUT2D eigenvalue weighted by Crippen LogP contribution is 2.29. The molecule has 0 bridgehead atoms. The zero-order chi connectivity index (χ0) is 24.7. The second-order valence-electron chi connectivity index (χ2n) is 6.76. The minimum atomic E-state index is -4.75. The van der Waals surface area contributed by atoms with Crippen LogP contribution in [0.25, 0.3) is 0 Å². The minimum Gasteiger partial charge on any atom is -0.506 e. The predicted molar refractivity (Wildman–Crippen MR) is 119 cm³/mol. The fourth-order valence-corrected chi connectivity index (χ4v) is 2.89. The number of methoxy groups -OCH3 is 1. The van der Waals surface area contributed by atoms with Crippen molar-refractivity contribution in [3.05, 3.63) is 82.4 Å². The second kappa shape index (κ2) is 10.8. The molecule has 3 rings (SSSR count). The number of alkyl halides is 3. The molecular weight excluding hydrogens is 477 g/mol. The summed E-state index contributed by atoms with van der Waals surface area (Å²) in [6.45, 7) is 0.0847. The first-order valence-corrected chi connectivity index (χ1v) is 10.00. The van der Waals surface area contributed by atoms with E-state index in [1.165, 1.54) is 55.8 Å². The lowest BCUT2D eigenvalue weighted by Crippen LogP contribution is -2.17. The summed E-state index contributed by atoms with van der Waals surface area (Å²) in [5, 5.41) is 13.3. The number of carbonyl (C=O) groups is 1. The summed E-state index contributed by atoms with van der Waals surface area (Å²) in [7, 11) is 1.45. The summed E-state index contributed by atoms with van der Waals surface area (Å²) in [5.74, 6) is -0.186. The van der Waals surface area contributed by atoms with Crippen molar-refractivity contribution < 1.29 is 37.3 Å². The van der Waals surface area contributed by atoms with Crippen LogP contribution in [0.3, 0.4) is 0 Å². The summed E-state index contributed by atoms with van der Waals surface area (Å²) in [5.41, 5.74) is 3.79. The molecule has 7 nitrogen and oxygen atoms in total. The number of hydrazone groups is 1. The van der Waals surface area contributed by atoms with Gasteiger partial charge in [0.25, 0.3) is 5.91 Å². The first kappa shape index (κ1) is 24.7. The molecule has 0 unspecified atom stereocenters. The van der Waals surface area contributed by atoms with Gasteiger partial charge >= 0.3 is 6.36 Å². The second-order valence-corrected chi connectivity index (χ2v) is 7.16. The number of nitrogens with one attached hydrogen (secondary N) is 1. The summed E-state index contributed by atoms with van der Waals surface area (Å²) in [6.07, 6.45) is -3.36. The molecule has 11 heteroatoms. The molecule has 2 N–H and O–H groups in total. The van der Waals surface area contributed by atoms with Gasteiger partial charge in [-0.25, -0.2) is 5.43 Å². The normalized spacial score (nSPS) is 11.3. The molecule has 0 aliphatic heterocycles. The van der Waals surface area contributed by atoms with Gasteiger partial charge in [0.2, 0.25) is 0 Å². The Balaban J connectivity index is 1.59. The predicted octanol–water partition coefficient (Wildman–Crippen LogP) is 5.30. The molecule has 0 spiro atoms. The van der Waals surface area contributed by atoms with Gasteiger partial charge in [0, 0.05) is 5.56 Å². The number of amides is 1. The molecule has 0 heterocycles.